The van der Waals surface area contributed by atoms with E-state index < -0.39 is 6.61 Å². The number of Topliss-reactive ketones (excluding diaryl/α,β-unsaturated/α-hetero) is 1. The average molecular weight is 449 g/mol. The molecule has 31 heavy (non-hydrogen) atoms. The first-order valence-corrected chi connectivity index (χ1v) is 11.0. The second kappa shape index (κ2) is 21.6. The number of carbonyl (C=O) groups excluding carboxylic acids is 3. The van der Waals surface area contributed by atoms with Gasteiger partial charge in [0.1, 0.15) is 19.8 Å². The molecule has 0 spiro atoms. The number of aliphatic hydroxyl groups is 1. The van der Waals surface area contributed by atoms with E-state index in [1.54, 1.807) is 0 Å². The van der Waals surface area contributed by atoms with Crippen molar-refractivity contribution in [2.45, 2.75) is 39.5 Å². The number of hydrogen-bond donors (Lipinski definition) is 3. The maximum Gasteiger partial charge on any atom is 0.246 e. The first-order valence-electron chi connectivity index (χ1n) is 11.0. The molecule has 0 fully saturated rings. The third kappa shape index (κ3) is 18.9. The highest BCUT2D eigenvalue weighted by Gasteiger charge is 2.14. The standard InChI is InChI=1S/C21H40N2O8/c1-3-18(19(25)15-24)7-5-6-8-22-20(26)16-31-14-12-29-10-9-23-21(27)17-30-13-11-28-4-2/h18,24H,3-17H2,1-2H3,(H,22,26)(H,23,27)/t18-/m0/s1. The fraction of sp³-hybridized carbons (Fsp3) is 0.857. The van der Waals surface area contributed by atoms with Gasteiger partial charge in [-0.1, -0.05) is 13.3 Å². The van der Waals surface area contributed by atoms with E-state index in [4.69, 9.17) is 24.1 Å². The van der Waals surface area contributed by atoms with Gasteiger partial charge in [-0.25, -0.2) is 0 Å². The van der Waals surface area contributed by atoms with Crippen LogP contribution in [0.25, 0.3) is 0 Å². The molecule has 0 saturated heterocycles. The van der Waals surface area contributed by atoms with Gasteiger partial charge in [0, 0.05) is 25.6 Å². The van der Waals surface area contributed by atoms with Crippen LogP contribution in [0, 0.1) is 5.92 Å². The molecule has 0 bridgehead atoms. The monoisotopic (exact) mass is 448 g/mol. The van der Waals surface area contributed by atoms with Crippen molar-refractivity contribution in [1.82, 2.24) is 10.6 Å². The zero-order valence-electron chi connectivity index (χ0n) is 19.0. The lowest BCUT2D eigenvalue weighted by molar-refractivity contribution is -0.127. The van der Waals surface area contributed by atoms with Gasteiger partial charge >= 0.3 is 0 Å². The van der Waals surface area contributed by atoms with Gasteiger partial charge in [0.05, 0.1) is 33.0 Å². The van der Waals surface area contributed by atoms with Crippen LogP contribution in [0.3, 0.4) is 0 Å². The van der Waals surface area contributed by atoms with Crippen molar-refractivity contribution in [2.24, 2.45) is 5.92 Å². The predicted molar refractivity (Wildman–Crippen MR) is 115 cm³/mol. The molecule has 10 heteroatoms. The molecule has 0 aliphatic heterocycles. The molecular weight excluding hydrogens is 408 g/mol. The molecule has 10 nitrogen and oxygen atoms in total. The van der Waals surface area contributed by atoms with Crippen LogP contribution in [0.1, 0.15) is 39.5 Å². The van der Waals surface area contributed by atoms with Gasteiger partial charge in [-0.05, 0) is 26.2 Å². The van der Waals surface area contributed by atoms with Crippen molar-refractivity contribution >= 4 is 17.6 Å². The van der Waals surface area contributed by atoms with Crippen LogP contribution in [0.5, 0.6) is 0 Å². The topological polar surface area (TPSA) is 132 Å². The van der Waals surface area contributed by atoms with Gasteiger partial charge in [-0.2, -0.15) is 0 Å². The van der Waals surface area contributed by atoms with Crippen molar-refractivity contribution in [3.8, 4) is 0 Å². The summed E-state index contributed by atoms with van der Waals surface area (Å²) in [4.78, 5) is 34.6. The summed E-state index contributed by atoms with van der Waals surface area (Å²) in [6, 6.07) is 0. The first kappa shape index (κ1) is 29.4. The smallest absolute Gasteiger partial charge is 0.246 e. The van der Waals surface area contributed by atoms with E-state index in [0.29, 0.717) is 46.1 Å². The highest BCUT2D eigenvalue weighted by molar-refractivity contribution is 5.81. The Morgan fingerprint density at radius 1 is 0.774 bits per heavy atom. The van der Waals surface area contributed by atoms with E-state index in [1.165, 1.54) is 0 Å². The number of amides is 2. The molecule has 3 N–H and O–H groups in total. The van der Waals surface area contributed by atoms with E-state index in [0.717, 1.165) is 25.7 Å². The highest BCUT2D eigenvalue weighted by atomic mass is 16.5. The average Bonchev–Trinajstić information content (AvgIpc) is 2.77. The molecule has 1 atom stereocenters. The summed E-state index contributed by atoms with van der Waals surface area (Å²) in [5, 5.41) is 14.3. The van der Waals surface area contributed by atoms with Gasteiger partial charge in [0.2, 0.25) is 11.8 Å². The third-order valence-electron chi connectivity index (χ3n) is 4.39. The lowest BCUT2D eigenvalue weighted by Gasteiger charge is -2.12. The van der Waals surface area contributed by atoms with Crippen LogP contribution < -0.4 is 10.6 Å². The number of hydrogen-bond acceptors (Lipinski definition) is 8. The molecule has 2 amide bonds. The Labute approximate surface area is 185 Å². The molecule has 0 saturated carbocycles. The van der Waals surface area contributed by atoms with Crippen LogP contribution in [0.4, 0.5) is 0 Å². The van der Waals surface area contributed by atoms with Gasteiger partial charge in [0.15, 0.2) is 5.78 Å². The Hall–Kier alpha value is -1.59. The van der Waals surface area contributed by atoms with E-state index in [1.807, 2.05) is 13.8 Å². The molecule has 0 aliphatic rings. The van der Waals surface area contributed by atoms with E-state index in [2.05, 4.69) is 10.6 Å². The molecule has 0 heterocycles. The summed E-state index contributed by atoms with van der Waals surface area (Å²) in [7, 11) is 0. The van der Waals surface area contributed by atoms with Crippen molar-refractivity contribution in [2.75, 3.05) is 72.6 Å². The van der Waals surface area contributed by atoms with Crippen molar-refractivity contribution in [3.05, 3.63) is 0 Å². The van der Waals surface area contributed by atoms with Crippen LogP contribution in [0.15, 0.2) is 0 Å². The number of aliphatic hydroxyl groups excluding tert-OH is 1. The zero-order valence-corrected chi connectivity index (χ0v) is 19.0. The molecule has 0 aromatic carbocycles. The zero-order chi connectivity index (χ0) is 23.2. The first-order chi connectivity index (χ1) is 15.0. The van der Waals surface area contributed by atoms with Gasteiger partial charge in [-0.3, -0.25) is 14.4 Å². The lowest BCUT2D eigenvalue weighted by atomic mass is 9.95. The van der Waals surface area contributed by atoms with E-state index >= 15 is 0 Å². The Kier molecular flexibility index (Phi) is 20.5. The number of ketones is 1. The summed E-state index contributed by atoms with van der Waals surface area (Å²) in [5.41, 5.74) is 0. The van der Waals surface area contributed by atoms with Crippen molar-refractivity contribution in [1.29, 1.82) is 0 Å². The number of ether oxygens (including phenoxy) is 4. The Bertz CT molecular complexity index is 476. The number of unbranched alkanes of at least 4 members (excludes halogenated alkanes) is 1. The fourth-order valence-electron chi connectivity index (χ4n) is 2.64. The van der Waals surface area contributed by atoms with E-state index in [9.17, 15) is 14.4 Å². The molecule has 0 radical (unpaired) electrons. The summed E-state index contributed by atoms with van der Waals surface area (Å²) < 4.78 is 20.8. The predicted octanol–water partition coefficient (Wildman–Crippen LogP) is 0.0630. The number of carbonyl (C=O) groups is 3. The largest absolute Gasteiger partial charge is 0.389 e. The number of nitrogens with one attached hydrogen (secondary N) is 2. The Morgan fingerprint density at radius 2 is 1.35 bits per heavy atom. The summed E-state index contributed by atoms with van der Waals surface area (Å²) in [6.45, 7) is 6.69. The summed E-state index contributed by atoms with van der Waals surface area (Å²) in [5.74, 6) is -0.628. The second-order valence-electron chi connectivity index (χ2n) is 6.84. The Morgan fingerprint density at radius 3 is 1.94 bits per heavy atom. The maximum absolute atomic E-state index is 11.7. The van der Waals surface area contributed by atoms with E-state index in [-0.39, 0.29) is 43.3 Å². The summed E-state index contributed by atoms with van der Waals surface area (Å²) in [6.07, 6.45) is 3.03. The van der Waals surface area contributed by atoms with Crippen molar-refractivity contribution < 1.29 is 38.4 Å². The highest BCUT2D eigenvalue weighted by Crippen LogP contribution is 2.13. The fourth-order valence-corrected chi connectivity index (χ4v) is 2.64. The molecule has 182 valence electrons. The minimum atomic E-state index is -0.407. The minimum absolute atomic E-state index is 0.00866. The molecular formula is C21H40N2O8. The Balaban J connectivity index is 3.43. The second-order valence-corrected chi connectivity index (χ2v) is 6.84. The molecule has 0 unspecified atom stereocenters. The molecule has 0 rings (SSSR count). The third-order valence-corrected chi connectivity index (χ3v) is 4.39. The molecule has 0 aromatic heterocycles. The lowest BCUT2D eigenvalue weighted by Crippen LogP contribution is -2.31. The van der Waals surface area contributed by atoms with Crippen LogP contribution in [0.2, 0.25) is 0 Å². The van der Waals surface area contributed by atoms with Crippen LogP contribution in [-0.4, -0.2) is 95.3 Å². The van der Waals surface area contributed by atoms with Gasteiger partial charge in [0.25, 0.3) is 0 Å². The summed E-state index contributed by atoms with van der Waals surface area (Å²) >= 11 is 0. The van der Waals surface area contributed by atoms with Gasteiger partial charge < -0.3 is 34.7 Å². The van der Waals surface area contributed by atoms with Gasteiger partial charge in [-0.15, -0.1) is 0 Å². The normalized spacial score (nSPS) is 11.8. The van der Waals surface area contributed by atoms with Crippen LogP contribution >= 0.6 is 0 Å². The maximum atomic E-state index is 11.7. The minimum Gasteiger partial charge on any atom is -0.389 e. The molecule has 0 aromatic rings. The quantitative estimate of drug-likeness (QED) is 0.198. The molecule has 0 aliphatic carbocycles. The van der Waals surface area contributed by atoms with Crippen molar-refractivity contribution in [3.63, 3.8) is 0 Å². The van der Waals surface area contributed by atoms with Crippen LogP contribution in [-0.2, 0) is 33.3 Å². The SMILES string of the molecule is CCOCCOCC(=O)NCCOCCOCC(=O)NCCCC[C@H](CC)C(=O)CO. The number of rotatable bonds is 22.